The minimum Gasteiger partial charge on any atom is -0.471 e. The Labute approximate surface area is 111 Å². The van der Waals surface area contributed by atoms with Crippen molar-refractivity contribution in [3.63, 3.8) is 0 Å². The summed E-state index contributed by atoms with van der Waals surface area (Å²) in [5.41, 5.74) is 3.12. The van der Waals surface area contributed by atoms with Crippen molar-refractivity contribution < 1.29 is 9.13 Å². The molecule has 2 aromatic rings. The molecular weight excluding hydrogens is 303 g/mol. The molecule has 2 rings (SSSR count). The third-order valence-electron chi connectivity index (χ3n) is 2.11. The van der Waals surface area contributed by atoms with E-state index in [0.29, 0.717) is 0 Å². The van der Waals surface area contributed by atoms with Gasteiger partial charge in [0.25, 0.3) is 5.88 Å². The molecule has 0 atom stereocenters. The number of benzene rings is 1. The van der Waals surface area contributed by atoms with Crippen LogP contribution in [0.15, 0.2) is 34.9 Å². The van der Waals surface area contributed by atoms with E-state index >= 15 is 0 Å². The minimum absolute atomic E-state index is 0.0978. The topological polar surface area (TPSA) is 73.1 Å². The first-order valence-corrected chi connectivity index (χ1v) is 5.85. The largest absolute Gasteiger partial charge is 0.471 e. The second kappa shape index (κ2) is 5.74. The average Bonchev–Trinajstić information content (AvgIpc) is 2.38. The van der Waals surface area contributed by atoms with Crippen LogP contribution in [-0.2, 0) is 6.61 Å². The van der Waals surface area contributed by atoms with Crippen molar-refractivity contribution in [3.05, 3.63) is 46.3 Å². The van der Waals surface area contributed by atoms with Gasteiger partial charge in [-0.05, 0) is 17.7 Å². The van der Waals surface area contributed by atoms with Crippen LogP contribution in [0.25, 0.3) is 0 Å². The maximum Gasteiger partial charge on any atom is 0.255 e. The van der Waals surface area contributed by atoms with Crippen LogP contribution in [0.4, 0.5) is 10.3 Å². The van der Waals surface area contributed by atoms with Crippen LogP contribution in [0.5, 0.6) is 5.88 Å². The predicted molar refractivity (Wildman–Crippen MR) is 68.3 cm³/mol. The van der Waals surface area contributed by atoms with Crippen molar-refractivity contribution in [2.24, 2.45) is 5.84 Å². The molecule has 0 bridgehead atoms. The second-order valence-corrected chi connectivity index (χ2v) is 4.33. The summed E-state index contributed by atoms with van der Waals surface area (Å²) in [6.07, 6.45) is 0.998. The van der Waals surface area contributed by atoms with E-state index < -0.39 is 5.82 Å². The number of nitrogens with one attached hydrogen (secondary N) is 1. The maximum atomic E-state index is 13.4. The van der Waals surface area contributed by atoms with Crippen LogP contribution in [-0.4, -0.2) is 9.97 Å². The van der Waals surface area contributed by atoms with E-state index in [-0.39, 0.29) is 18.4 Å². The number of nitrogens with zero attached hydrogens (tertiary/aromatic N) is 2. The van der Waals surface area contributed by atoms with Gasteiger partial charge in [0.15, 0.2) is 0 Å². The van der Waals surface area contributed by atoms with E-state index in [1.807, 2.05) is 24.3 Å². The van der Waals surface area contributed by atoms with Gasteiger partial charge in [-0.25, -0.2) is 10.8 Å². The van der Waals surface area contributed by atoms with Crippen molar-refractivity contribution in [2.75, 3.05) is 5.43 Å². The van der Waals surface area contributed by atoms with Crippen LogP contribution < -0.4 is 16.0 Å². The lowest BCUT2D eigenvalue weighted by Gasteiger charge is -2.07. The molecule has 0 radical (unpaired) electrons. The van der Waals surface area contributed by atoms with Gasteiger partial charge in [-0.1, -0.05) is 28.1 Å². The molecule has 0 saturated carbocycles. The number of hydrazine groups is 1. The first kappa shape index (κ1) is 12.7. The molecule has 0 aliphatic rings. The lowest BCUT2D eigenvalue weighted by Crippen LogP contribution is -2.11. The summed E-state index contributed by atoms with van der Waals surface area (Å²) in [6.45, 7) is 0.206. The number of anilines is 1. The molecule has 1 heterocycles. The molecule has 0 fully saturated rings. The summed E-state index contributed by atoms with van der Waals surface area (Å²) in [6, 6.07) is 7.50. The van der Waals surface area contributed by atoms with Crippen LogP contribution in [0, 0.1) is 5.82 Å². The van der Waals surface area contributed by atoms with Crippen molar-refractivity contribution in [2.45, 2.75) is 6.61 Å². The Morgan fingerprint density at radius 1 is 1.44 bits per heavy atom. The Morgan fingerprint density at radius 2 is 2.28 bits per heavy atom. The van der Waals surface area contributed by atoms with Gasteiger partial charge in [0, 0.05) is 4.47 Å². The molecule has 1 aromatic heterocycles. The van der Waals surface area contributed by atoms with Crippen molar-refractivity contribution in [3.8, 4) is 5.88 Å². The summed E-state index contributed by atoms with van der Waals surface area (Å²) in [5.74, 6) is 4.46. The molecule has 0 unspecified atom stereocenters. The van der Waals surface area contributed by atoms with E-state index in [0.717, 1.165) is 16.2 Å². The molecule has 5 nitrogen and oxygen atoms in total. The molecule has 18 heavy (non-hydrogen) atoms. The monoisotopic (exact) mass is 312 g/mol. The Balaban J connectivity index is 2.10. The van der Waals surface area contributed by atoms with Crippen molar-refractivity contribution >= 4 is 21.9 Å². The number of hydrogen-bond donors (Lipinski definition) is 2. The Bertz CT molecular complexity index is 552. The van der Waals surface area contributed by atoms with Gasteiger partial charge in [0.2, 0.25) is 11.8 Å². The van der Waals surface area contributed by atoms with Gasteiger partial charge in [-0.2, -0.15) is 9.37 Å². The zero-order valence-corrected chi connectivity index (χ0v) is 10.8. The second-order valence-electron chi connectivity index (χ2n) is 3.41. The fourth-order valence-electron chi connectivity index (χ4n) is 1.30. The first-order chi connectivity index (χ1) is 8.69. The zero-order chi connectivity index (χ0) is 13.0. The van der Waals surface area contributed by atoms with Crippen LogP contribution >= 0.6 is 15.9 Å². The number of aromatic nitrogens is 2. The maximum absolute atomic E-state index is 13.4. The van der Waals surface area contributed by atoms with E-state index in [4.69, 9.17) is 10.6 Å². The number of rotatable bonds is 4. The lowest BCUT2D eigenvalue weighted by molar-refractivity contribution is 0.276. The van der Waals surface area contributed by atoms with E-state index in [9.17, 15) is 4.39 Å². The number of ether oxygens (including phenoxy) is 1. The molecule has 7 heteroatoms. The highest BCUT2D eigenvalue weighted by Crippen LogP contribution is 2.17. The minimum atomic E-state index is -0.635. The van der Waals surface area contributed by atoms with Gasteiger partial charge in [-0.3, -0.25) is 5.43 Å². The third kappa shape index (κ3) is 3.14. The average molecular weight is 313 g/mol. The molecule has 0 aliphatic carbocycles. The standard InChI is InChI=1S/C11H10BrFN4O/c12-8-3-1-2-7(4-8)6-18-10-9(13)5-15-11(16-10)17-14/h1-5H,6,14H2,(H,15,16,17). The van der Waals surface area contributed by atoms with Gasteiger partial charge in [0.1, 0.15) is 6.61 Å². The molecule has 0 saturated heterocycles. The van der Waals surface area contributed by atoms with Gasteiger partial charge >= 0.3 is 0 Å². The summed E-state index contributed by atoms with van der Waals surface area (Å²) < 4.78 is 19.6. The highest BCUT2D eigenvalue weighted by atomic mass is 79.9. The van der Waals surface area contributed by atoms with Crippen LogP contribution in [0.3, 0.4) is 0 Å². The lowest BCUT2D eigenvalue weighted by atomic mass is 10.2. The normalized spacial score (nSPS) is 10.2. The SMILES string of the molecule is NNc1ncc(F)c(OCc2cccc(Br)c2)n1. The zero-order valence-electron chi connectivity index (χ0n) is 9.23. The van der Waals surface area contributed by atoms with Crippen LogP contribution in [0.2, 0.25) is 0 Å². The first-order valence-electron chi connectivity index (χ1n) is 5.05. The Hall–Kier alpha value is -1.73. The number of hydrogen-bond acceptors (Lipinski definition) is 5. The number of nitrogens with two attached hydrogens (primary N) is 1. The predicted octanol–water partition coefficient (Wildman–Crippen LogP) is 2.24. The van der Waals surface area contributed by atoms with Gasteiger partial charge < -0.3 is 4.74 Å². The fraction of sp³-hybridized carbons (Fsp3) is 0.0909. The molecule has 94 valence electrons. The molecule has 1 aromatic carbocycles. The van der Waals surface area contributed by atoms with E-state index in [1.165, 1.54) is 0 Å². The number of halogens is 2. The summed E-state index contributed by atoms with van der Waals surface area (Å²) in [4.78, 5) is 7.39. The van der Waals surface area contributed by atoms with E-state index in [1.54, 1.807) is 0 Å². The fourth-order valence-corrected chi connectivity index (χ4v) is 1.75. The highest BCUT2D eigenvalue weighted by molar-refractivity contribution is 9.10. The highest BCUT2D eigenvalue weighted by Gasteiger charge is 2.08. The molecule has 0 aliphatic heterocycles. The molecule has 0 spiro atoms. The Morgan fingerprint density at radius 3 is 3.00 bits per heavy atom. The van der Waals surface area contributed by atoms with Crippen molar-refractivity contribution in [1.29, 1.82) is 0 Å². The Kier molecular flexibility index (Phi) is 4.06. The third-order valence-corrected chi connectivity index (χ3v) is 2.60. The molecular formula is C11H10BrFN4O. The van der Waals surface area contributed by atoms with Crippen molar-refractivity contribution in [1.82, 2.24) is 9.97 Å². The number of nitrogen functional groups attached to an aromatic ring is 1. The van der Waals surface area contributed by atoms with E-state index in [2.05, 4.69) is 31.3 Å². The van der Waals surface area contributed by atoms with Crippen LogP contribution in [0.1, 0.15) is 5.56 Å². The summed E-state index contributed by atoms with van der Waals surface area (Å²) in [7, 11) is 0. The summed E-state index contributed by atoms with van der Waals surface area (Å²) in [5, 5.41) is 0. The van der Waals surface area contributed by atoms with Gasteiger partial charge in [0.05, 0.1) is 6.20 Å². The molecule has 0 amide bonds. The molecule has 3 N–H and O–H groups in total. The van der Waals surface area contributed by atoms with Gasteiger partial charge in [-0.15, -0.1) is 0 Å². The summed E-state index contributed by atoms with van der Waals surface area (Å²) >= 11 is 3.34. The smallest absolute Gasteiger partial charge is 0.255 e. The quantitative estimate of drug-likeness (QED) is 0.669.